The standard InChI is InChI=1S/C17H13NO2S/c1-21-17-9-16-15(19-10-20-16)8-12(17)14-7-6-11-4-2-3-5-13(11)18-14/h2-9H,10H2,1H3. The van der Waals surface area contributed by atoms with E-state index in [0.717, 1.165) is 38.6 Å². The Bertz CT molecular complexity index is 832. The van der Waals surface area contributed by atoms with Crippen molar-refractivity contribution in [2.75, 3.05) is 13.0 Å². The van der Waals surface area contributed by atoms with Gasteiger partial charge in [-0.1, -0.05) is 24.3 Å². The summed E-state index contributed by atoms with van der Waals surface area (Å²) in [4.78, 5) is 5.91. The summed E-state index contributed by atoms with van der Waals surface area (Å²) in [5.74, 6) is 1.60. The van der Waals surface area contributed by atoms with Crippen LogP contribution >= 0.6 is 11.8 Å². The van der Waals surface area contributed by atoms with E-state index in [-0.39, 0.29) is 6.79 Å². The first-order valence-electron chi connectivity index (χ1n) is 6.69. The fourth-order valence-corrected chi connectivity index (χ4v) is 3.12. The van der Waals surface area contributed by atoms with Crippen LogP contribution in [0.1, 0.15) is 0 Å². The number of rotatable bonds is 2. The lowest BCUT2D eigenvalue weighted by molar-refractivity contribution is 0.174. The van der Waals surface area contributed by atoms with Gasteiger partial charge < -0.3 is 9.47 Å². The number of pyridine rings is 1. The predicted octanol–water partition coefficient (Wildman–Crippen LogP) is 4.35. The van der Waals surface area contributed by atoms with Gasteiger partial charge in [0.25, 0.3) is 0 Å². The van der Waals surface area contributed by atoms with Gasteiger partial charge in [0.2, 0.25) is 6.79 Å². The highest BCUT2D eigenvalue weighted by Gasteiger charge is 2.18. The number of benzene rings is 2. The molecular formula is C17H13NO2S. The van der Waals surface area contributed by atoms with Crippen LogP contribution in [0.5, 0.6) is 11.5 Å². The van der Waals surface area contributed by atoms with E-state index in [1.807, 2.05) is 30.3 Å². The Hall–Kier alpha value is -2.20. The van der Waals surface area contributed by atoms with Crippen LogP contribution in [0.4, 0.5) is 0 Å². The van der Waals surface area contributed by atoms with Gasteiger partial charge in [-0.25, -0.2) is 4.98 Å². The number of aromatic nitrogens is 1. The number of ether oxygens (including phenoxy) is 2. The van der Waals surface area contributed by atoms with Crippen molar-refractivity contribution in [1.29, 1.82) is 0 Å². The second kappa shape index (κ2) is 4.97. The maximum Gasteiger partial charge on any atom is 0.231 e. The average molecular weight is 295 g/mol. The van der Waals surface area contributed by atoms with E-state index in [0.29, 0.717) is 0 Å². The second-order valence-electron chi connectivity index (χ2n) is 4.79. The summed E-state index contributed by atoms with van der Waals surface area (Å²) >= 11 is 1.69. The molecule has 0 atom stereocenters. The van der Waals surface area contributed by atoms with Gasteiger partial charge in [0.05, 0.1) is 11.2 Å². The molecule has 3 nitrogen and oxygen atoms in total. The van der Waals surface area contributed by atoms with Crippen LogP contribution in [0.3, 0.4) is 0 Å². The molecule has 0 saturated heterocycles. The molecule has 1 aromatic heterocycles. The zero-order valence-corrected chi connectivity index (χ0v) is 12.3. The summed E-state index contributed by atoms with van der Waals surface area (Å²) in [5.41, 5.74) is 3.04. The SMILES string of the molecule is CSc1cc2c(cc1-c1ccc3ccccc3n1)OCO2. The molecule has 0 aliphatic carbocycles. The number of para-hydroxylation sites is 1. The van der Waals surface area contributed by atoms with E-state index in [4.69, 9.17) is 14.5 Å². The van der Waals surface area contributed by atoms with Gasteiger partial charge in [-0.2, -0.15) is 0 Å². The molecule has 0 spiro atoms. The Balaban J connectivity index is 1.91. The number of nitrogens with zero attached hydrogens (tertiary/aromatic N) is 1. The lowest BCUT2D eigenvalue weighted by Gasteiger charge is -2.09. The highest BCUT2D eigenvalue weighted by atomic mass is 32.2. The zero-order chi connectivity index (χ0) is 14.2. The van der Waals surface area contributed by atoms with Crippen LogP contribution in [0.25, 0.3) is 22.2 Å². The molecule has 2 aromatic carbocycles. The predicted molar refractivity (Wildman–Crippen MR) is 85.1 cm³/mol. The highest BCUT2D eigenvalue weighted by Crippen LogP contribution is 2.41. The molecule has 104 valence electrons. The third-order valence-corrected chi connectivity index (χ3v) is 4.35. The van der Waals surface area contributed by atoms with Crippen molar-refractivity contribution in [2.24, 2.45) is 0 Å². The summed E-state index contributed by atoms with van der Waals surface area (Å²) < 4.78 is 10.9. The van der Waals surface area contributed by atoms with Crippen molar-refractivity contribution >= 4 is 22.7 Å². The minimum atomic E-state index is 0.289. The molecule has 1 aliphatic rings. The monoisotopic (exact) mass is 295 g/mol. The van der Waals surface area contributed by atoms with E-state index < -0.39 is 0 Å². The highest BCUT2D eigenvalue weighted by molar-refractivity contribution is 7.98. The van der Waals surface area contributed by atoms with Gasteiger partial charge in [0.1, 0.15) is 0 Å². The molecule has 21 heavy (non-hydrogen) atoms. The molecule has 4 rings (SSSR count). The normalized spacial score (nSPS) is 12.8. The van der Waals surface area contributed by atoms with Crippen LogP contribution in [-0.4, -0.2) is 18.0 Å². The Kier molecular flexibility index (Phi) is 2.97. The summed E-state index contributed by atoms with van der Waals surface area (Å²) in [5, 5.41) is 1.15. The third kappa shape index (κ3) is 2.12. The molecule has 0 N–H and O–H groups in total. The molecule has 0 fully saturated rings. The van der Waals surface area contributed by atoms with Gasteiger partial charge in [0.15, 0.2) is 11.5 Å². The Labute approximate surface area is 126 Å². The molecule has 4 heteroatoms. The largest absolute Gasteiger partial charge is 0.454 e. The van der Waals surface area contributed by atoms with E-state index >= 15 is 0 Å². The molecule has 0 unspecified atom stereocenters. The fourth-order valence-electron chi connectivity index (χ4n) is 2.51. The maximum atomic E-state index is 5.49. The first-order valence-corrected chi connectivity index (χ1v) is 7.91. The summed E-state index contributed by atoms with van der Waals surface area (Å²) in [7, 11) is 0. The number of hydrogen-bond acceptors (Lipinski definition) is 4. The zero-order valence-electron chi connectivity index (χ0n) is 11.5. The van der Waals surface area contributed by atoms with Crippen molar-refractivity contribution in [1.82, 2.24) is 4.98 Å². The van der Waals surface area contributed by atoms with Crippen LogP contribution in [0, 0.1) is 0 Å². The molecule has 0 saturated carbocycles. The van der Waals surface area contributed by atoms with E-state index in [1.165, 1.54) is 0 Å². The summed E-state index contributed by atoms with van der Waals surface area (Å²) in [6.45, 7) is 0.289. The number of thioether (sulfide) groups is 1. The fraction of sp³-hybridized carbons (Fsp3) is 0.118. The Morgan fingerprint density at radius 1 is 1.00 bits per heavy atom. The lowest BCUT2D eigenvalue weighted by Crippen LogP contribution is -1.92. The quantitative estimate of drug-likeness (QED) is 0.658. The molecular weight excluding hydrogens is 282 g/mol. The number of fused-ring (bicyclic) bond motifs is 2. The van der Waals surface area contributed by atoms with Crippen molar-refractivity contribution in [3.8, 4) is 22.8 Å². The van der Waals surface area contributed by atoms with Gasteiger partial charge in [-0.15, -0.1) is 11.8 Å². The van der Waals surface area contributed by atoms with Crippen LogP contribution < -0.4 is 9.47 Å². The Morgan fingerprint density at radius 2 is 1.81 bits per heavy atom. The van der Waals surface area contributed by atoms with Crippen molar-refractivity contribution in [3.63, 3.8) is 0 Å². The van der Waals surface area contributed by atoms with Gasteiger partial charge >= 0.3 is 0 Å². The molecule has 0 amide bonds. The summed E-state index contributed by atoms with van der Waals surface area (Å²) in [6.07, 6.45) is 2.06. The first-order chi connectivity index (χ1) is 10.3. The molecule has 2 heterocycles. The van der Waals surface area contributed by atoms with E-state index in [9.17, 15) is 0 Å². The van der Waals surface area contributed by atoms with Crippen LogP contribution in [-0.2, 0) is 0 Å². The maximum absolute atomic E-state index is 5.49. The van der Waals surface area contributed by atoms with Gasteiger partial charge in [-0.05, 0) is 30.5 Å². The van der Waals surface area contributed by atoms with Gasteiger partial charge in [0, 0.05) is 15.8 Å². The third-order valence-electron chi connectivity index (χ3n) is 3.57. The first kappa shape index (κ1) is 12.5. The smallest absolute Gasteiger partial charge is 0.231 e. The minimum Gasteiger partial charge on any atom is -0.454 e. The average Bonchev–Trinajstić information content (AvgIpc) is 3.00. The minimum absolute atomic E-state index is 0.289. The number of hydrogen-bond donors (Lipinski definition) is 0. The van der Waals surface area contributed by atoms with Crippen LogP contribution in [0.15, 0.2) is 53.4 Å². The summed E-state index contributed by atoms with van der Waals surface area (Å²) in [6, 6.07) is 16.3. The topological polar surface area (TPSA) is 31.4 Å². The molecule has 3 aromatic rings. The molecule has 0 radical (unpaired) electrons. The molecule has 0 bridgehead atoms. The van der Waals surface area contributed by atoms with Crippen molar-refractivity contribution < 1.29 is 9.47 Å². The Morgan fingerprint density at radius 3 is 2.67 bits per heavy atom. The van der Waals surface area contributed by atoms with E-state index in [1.54, 1.807) is 11.8 Å². The van der Waals surface area contributed by atoms with Crippen molar-refractivity contribution in [3.05, 3.63) is 48.5 Å². The second-order valence-corrected chi connectivity index (χ2v) is 5.64. The van der Waals surface area contributed by atoms with Gasteiger partial charge in [-0.3, -0.25) is 0 Å². The lowest BCUT2D eigenvalue weighted by atomic mass is 10.1. The van der Waals surface area contributed by atoms with E-state index in [2.05, 4.69) is 24.5 Å². The van der Waals surface area contributed by atoms with Crippen molar-refractivity contribution in [2.45, 2.75) is 4.90 Å². The molecule has 1 aliphatic heterocycles. The van der Waals surface area contributed by atoms with Crippen LogP contribution in [0.2, 0.25) is 0 Å².